The van der Waals surface area contributed by atoms with Crippen LogP contribution < -0.4 is 10.2 Å². The Labute approximate surface area is 118 Å². The van der Waals surface area contributed by atoms with Crippen LogP contribution in [0.1, 0.15) is 25.8 Å². The number of carbonyl (C=O) groups is 1. The van der Waals surface area contributed by atoms with Gasteiger partial charge in [-0.2, -0.15) is 0 Å². The summed E-state index contributed by atoms with van der Waals surface area (Å²) in [6.45, 7) is 5.49. The molecular weight excluding hydrogens is 264 g/mol. The second-order valence-corrected chi connectivity index (χ2v) is 5.49. The van der Waals surface area contributed by atoms with Gasteiger partial charge in [0.15, 0.2) is 0 Å². The van der Waals surface area contributed by atoms with Crippen LogP contribution in [0.4, 0.5) is 5.82 Å². The van der Waals surface area contributed by atoms with Crippen LogP contribution >= 0.6 is 11.6 Å². The normalized spacial score (nSPS) is 22.6. The summed E-state index contributed by atoms with van der Waals surface area (Å²) in [6.07, 6.45) is 3.08. The molecule has 0 bridgehead atoms. The molecule has 1 aromatic rings. The Morgan fingerprint density at radius 2 is 2.32 bits per heavy atom. The SMILES string of the molecule is CCc1c(Cl)ncnc1N1CCC(C)(C(=O)NC)C1. The molecule has 0 saturated carbocycles. The number of amides is 1. The number of anilines is 1. The van der Waals surface area contributed by atoms with Crippen molar-refractivity contribution in [2.24, 2.45) is 5.41 Å². The smallest absolute Gasteiger partial charge is 0.227 e. The number of aromatic nitrogens is 2. The number of nitrogens with zero attached hydrogens (tertiary/aromatic N) is 3. The number of halogens is 1. The maximum Gasteiger partial charge on any atom is 0.227 e. The van der Waals surface area contributed by atoms with E-state index in [2.05, 4.69) is 20.2 Å². The van der Waals surface area contributed by atoms with Gasteiger partial charge in [-0.3, -0.25) is 4.79 Å². The Bertz CT molecular complexity index is 494. The van der Waals surface area contributed by atoms with Gasteiger partial charge in [-0.25, -0.2) is 9.97 Å². The summed E-state index contributed by atoms with van der Waals surface area (Å²) in [4.78, 5) is 22.4. The monoisotopic (exact) mass is 282 g/mol. The van der Waals surface area contributed by atoms with E-state index in [4.69, 9.17) is 11.6 Å². The second kappa shape index (κ2) is 5.33. The summed E-state index contributed by atoms with van der Waals surface area (Å²) >= 11 is 6.11. The summed E-state index contributed by atoms with van der Waals surface area (Å²) < 4.78 is 0. The molecule has 1 amide bonds. The van der Waals surface area contributed by atoms with Crippen molar-refractivity contribution >= 4 is 23.3 Å². The molecule has 1 N–H and O–H groups in total. The zero-order valence-electron chi connectivity index (χ0n) is 11.5. The predicted octanol–water partition coefficient (Wildman–Crippen LogP) is 1.65. The molecule has 5 nitrogen and oxygen atoms in total. The van der Waals surface area contributed by atoms with E-state index in [-0.39, 0.29) is 11.3 Å². The molecule has 1 atom stereocenters. The van der Waals surface area contributed by atoms with Gasteiger partial charge in [0, 0.05) is 25.7 Å². The lowest BCUT2D eigenvalue weighted by molar-refractivity contribution is -0.128. The number of nitrogens with one attached hydrogen (secondary N) is 1. The lowest BCUT2D eigenvalue weighted by Gasteiger charge is -2.24. The Kier molecular flexibility index (Phi) is 3.94. The van der Waals surface area contributed by atoms with Crippen LogP contribution in [0.25, 0.3) is 0 Å². The molecule has 2 rings (SSSR count). The first kappa shape index (κ1) is 14.1. The van der Waals surface area contributed by atoms with E-state index in [1.165, 1.54) is 6.33 Å². The van der Waals surface area contributed by atoms with Gasteiger partial charge < -0.3 is 10.2 Å². The van der Waals surface area contributed by atoms with Crippen molar-refractivity contribution < 1.29 is 4.79 Å². The average molecular weight is 283 g/mol. The van der Waals surface area contributed by atoms with E-state index in [1.54, 1.807) is 7.05 Å². The number of carbonyl (C=O) groups excluding carboxylic acids is 1. The number of hydrogen-bond donors (Lipinski definition) is 1. The maximum absolute atomic E-state index is 11.9. The highest BCUT2D eigenvalue weighted by Crippen LogP contribution is 2.35. The Morgan fingerprint density at radius 3 is 2.95 bits per heavy atom. The lowest BCUT2D eigenvalue weighted by Crippen LogP contribution is -2.39. The van der Waals surface area contributed by atoms with Gasteiger partial charge in [0.1, 0.15) is 17.3 Å². The summed E-state index contributed by atoms with van der Waals surface area (Å²) in [5.41, 5.74) is 0.585. The standard InChI is InChI=1S/C13H19ClN4O/c1-4-9-10(14)16-8-17-11(9)18-6-5-13(2,7-18)12(19)15-3/h8H,4-7H2,1-3H3,(H,15,19). The highest BCUT2D eigenvalue weighted by molar-refractivity contribution is 6.30. The molecule has 1 aromatic heterocycles. The Balaban J connectivity index is 2.27. The van der Waals surface area contributed by atoms with E-state index in [0.717, 1.165) is 30.8 Å². The summed E-state index contributed by atoms with van der Waals surface area (Å²) in [6, 6.07) is 0. The van der Waals surface area contributed by atoms with Crippen molar-refractivity contribution in [3.05, 3.63) is 17.0 Å². The lowest BCUT2D eigenvalue weighted by atomic mass is 9.89. The molecule has 104 valence electrons. The Morgan fingerprint density at radius 1 is 1.58 bits per heavy atom. The quantitative estimate of drug-likeness (QED) is 0.857. The molecule has 0 aliphatic carbocycles. The second-order valence-electron chi connectivity index (χ2n) is 5.13. The fourth-order valence-corrected chi connectivity index (χ4v) is 2.85. The molecule has 2 heterocycles. The fourth-order valence-electron chi connectivity index (χ4n) is 2.59. The molecule has 6 heteroatoms. The Hall–Kier alpha value is -1.36. The van der Waals surface area contributed by atoms with Crippen molar-refractivity contribution in [2.75, 3.05) is 25.0 Å². The van der Waals surface area contributed by atoms with Crippen LogP contribution in [-0.2, 0) is 11.2 Å². The van der Waals surface area contributed by atoms with Crippen LogP contribution in [-0.4, -0.2) is 36.0 Å². The minimum atomic E-state index is -0.364. The van der Waals surface area contributed by atoms with E-state index in [1.807, 2.05) is 13.8 Å². The van der Waals surface area contributed by atoms with Gasteiger partial charge >= 0.3 is 0 Å². The van der Waals surface area contributed by atoms with Gasteiger partial charge in [0.25, 0.3) is 0 Å². The van der Waals surface area contributed by atoms with Crippen molar-refractivity contribution in [1.29, 1.82) is 0 Å². The fraction of sp³-hybridized carbons (Fsp3) is 0.615. The summed E-state index contributed by atoms with van der Waals surface area (Å²) in [5, 5.41) is 3.24. The van der Waals surface area contributed by atoms with Crippen molar-refractivity contribution in [2.45, 2.75) is 26.7 Å². The van der Waals surface area contributed by atoms with Crippen LogP contribution in [0.2, 0.25) is 5.15 Å². The summed E-state index contributed by atoms with van der Waals surface area (Å²) in [5.74, 6) is 0.934. The first-order valence-electron chi connectivity index (χ1n) is 6.48. The van der Waals surface area contributed by atoms with Gasteiger partial charge in [0.05, 0.1) is 5.41 Å². The third-order valence-electron chi connectivity index (χ3n) is 3.77. The maximum atomic E-state index is 11.9. The molecule has 1 unspecified atom stereocenters. The predicted molar refractivity (Wildman–Crippen MR) is 75.4 cm³/mol. The highest BCUT2D eigenvalue weighted by atomic mass is 35.5. The van der Waals surface area contributed by atoms with E-state index < -0.39 is 0 Å². The first-order chi connectivity index (χ1) is 9.01. The van der Waals surface area contributed by atoms with E-state index in [0.29, 0.717) is 11.7 Å². The van der Waals surface area contributed by atoms with Gasteiger partial charge in [0.2, 0.25) is 5.91 Å². The van der Waals surface area contributed by atoms with Crippen molar-refractivity contribution in [3.8, 4) is 0 Å². The zero-order valence-corrected chi connectivity index (χ0v) is 12.3. The molecule has 1 aliphatic rings. The third-order valence-corrected chi connectivity index (χ3v) is 4.10. The molecule has 19 heavy (non-hydrogen) atoms. The highest BCUT2D eigenvalue weighted by Gasteiger charge is 2.40. The average Bonchev–Trinajstić information content (AvgIpc) is 2.81. The molecule has 1 fully saturated rings. The zero-order chi connectivity index (χ0) is 14.0. The summed E-state index contributed by atoms with van der Waals surface area (Å²) in [7, 11) is 1.68. The van der Waals surface area contributed by atoms with Gasteiger partial charge in [-0.1, -0.05) is 18.5 Å². The van der Waals surface area contributed by atoms with Gasteiger partial charge in [-0.15, -0.1) is 0 Å². The van der Waals surface area contributed by atoms with Crippen molar-refractivity contribution in [1.82, 2.24) is 15.3 Å². The molecular formula is C13H19ClN4O. The number of hydrogen-bond acceptors (Lipinski definition) is 4. The minimum absolute atomic E-state index is 0.0770. The van der Waals surface area contributed by atoms with Crippen LogP contribution in [0.5, 0.6) is 0 Å². The molecule has 0 radical (unpaired) electrons. The van der Waals surface area contributed by atoms with Crippen LogP contribution in [0.15, 0.2) is 6.33 Å². The topological polar surface area (TPSA) is 58.1 Å². The van der Waals surface area contributed by atoms with Crippen molar-refractivity contribution in [3.63, 3.8) is 0 Å². The molecule has 0 spiro atoms. The molecule has 1 saturated heterocycles. The minimum Gasteiger partial charge on any atom is -0.359 e. The van der Waals surface area contributed by atoms with Gasteiger partial charge in [-0.05, 0) is 19.8 Å². The third kappa shape index (κ3) is 2.52. The number of rotatable bonds is 3. The van der Waals surface area contributed by atoms with E-state index >= 15 is 0 Å². The largest absolute Gasteiger partial charge is 0.359 e. The van der Waals surface area contributed by atoms with Crippen LogP contribution in [0.3, 0.4) is 0 Å². The first-order valence-corrected chi connectivity index (χ1v) is 6.86. The van der Waals surface area contributed by atoms with Crippen LogP contribution in [0, 0.1) is 5.41 Å². The molecule has 0 aromatic carbocycles. The molecule has 1 aliphatic heterocycles. The van der Waals surface area contributed by atoms with E-state index in [9.17, 15) is 4.79 Å².